The zero-order valence-electron chi connectivity index (χ0n) is 15.3. The van der Waals surface area contributed by atoms with Gasteiger partial charge in [-0.05, 0) is 36.4 Å². The number of hydrogen-bond acceptors (Lipinski definition) is 4. The van der Waals surface area contributed by atoms with E-state index in [4.69, 9.17) is 4.74 Å². The zero-order chi connectivity index (χ0) is 21.3. The van der Waals surface area contributed by atoms with Gasteiger partial charge in [-0.15, -0.1) is 0 Å². The molecule has 30 heavy (non-hydrogen) atoms. The molecule has 0 atom stereocenters. The Labute approximate surface area is 168 Å². The number of halogens is 3. The summed E-state index contributed by atoms with van der Waals surface area (Å²) >= 11 is 0. The molecule has 0 bridgehead atoms. The van der Waals surface area contributed by atoms with Gasteiger partial charge in [0.15, 0.2) is 5.69 Å². The summed E-state index contributed by atoms with van der Waals surface area (Å²) in [5, 5.41) is 4.42. The molecule has 1 aromatic heterocycles. The lowest BCUT2D eigenvalue weighted by Crippen LogP contribution is -2.26. The van der Waals surface area contributed by atoms with Crippen molar-refractivity contribution in [1.29, 1.82) is 0 Å². The van der Waals surface area contributed by atoms with Crippen molar-refractivity contribution in [2.75, 3.05) is 0 Å². The number of para-hydroxylation sites is 1. The first-order chi connectivity index (χ1) is 14.3. The predicted molar refractivity (Wildman–Crippen MR) is 104 cm³/mol. The molecule has 0 amide bonds. The van der Waals surface area contributed by atoms with Gasteiger partial charge in [0, 0.05) is 5.39 Å². The molecule has 0 saturated carbocycles. The second kappa shape index (κ2) is 7.47. The van der Waals surface area contributed by atoms with E-state index >= 15 is 0 Å². The topological polar surface area (TPSA) is 61.2 Å². The molecule has 3 aromatic carbocycles. The summed E-state index contributed by atoms with van der Waals surface area (Å²) in [4.78, 5) is 25.7. The van der Waals surface area contributed by atoms with Gasteiger partial charge in [0.1, 0.15) is 5.75 Å². The van der Waals surface area contributed by atoms with E-state index in [0.29, 0.717) is 0 Å². The average molecular weight is 410 g/mol. The molecule has 0 unspecified atom stereocenters. The van der Waals surface area contributed by atoms with E-state index in [9.17, 15) is 22.8 Å². The minimum Gasteiger partial charge on any atom is -0.422 e. The summed E-state index contributed by atoms with van der Waals surface area (Å²) in [5.41, 5.74) is -1.89. The number of rotatable bonds is 3. The van der Waals surface area contributed by atoms with Crippen molar-refractivity contribution < 1.29 is 22.7 Å². The number of hydrogen-bond donors (Lipinski definition) is 0. The van der Waals surface area contributed by atoms with Crippen molar-refractivity contribution >= 4 is 16.7 Å². The first-order valence-electron chi connectivity index (χ1n) is 8.81. The van der Waals surface area contributed by atoms with Gasteiger partial charge in [-0.1, -0.05) is 42.5 Å². The molecule has 0 N–H and O–H groups in total. The van der Waals surface area contributed by atoms with Crippen LogP contribution in [0.1, 0.15) is 16.1 Å². The molecule has 0 aliphatic carbocycles. The van der Waals surface area contributed by atoms with Crippen molar-refractivity contribution in [3.8, 4) is 11.4 Å². The predicted octanol–water partition coefficient (Wildman–Crippen LogP) is 4.62. The fraction of sp³-hybridized carbons (Fsp3) is 0.0455. The van der Waals surface area contributed by atoms with Crippen LogP contribution in [-0.4, -0.2) is 15.7 Å². The molecule has 5 nitrogen and oxygen atoms in total. The fourth-order valence-electron chi connectivity index (χ4n) is 2.97. The highest BCUT2D eigenvalue weighted by Gasteiger charge is 2.31. The number of benzene rings is 3. The Hall–Kier alpha value is -3.94. The lowest BCUT2D eigenvalue weighted by molar-refractivity contribution is -0.137. The van der Waals surface area contributed by atoms with E-state index in [-0.39, 0.29) is 27.9 Å². The number of nitrogens with zero attached hydrogens (tertiary/aromatic N) is 2. The summed E-state index contributed by atoms with van der Waals surface area (Å²) in [6, 6.07) is 18.6. The number of esters is 1. The number of carbonyl (C=O) groups excluding carboxylic acids is 1. The third kappa shape index (κ3) is 3.67. The van der Waals surface area contributed by atoms with Crippen molar-refractivity contribution in [3.63, 3.8) is 0 Å². The summed E-state index contributed by atoms with van der Waals surface area (Å²) in [7, 11) is 0. The Bertz CT molecular complexity index is 1300. The lowest BCUT2D eigenvalue weighted by Gasteiger charge is -2.12. The number of alkyl halides is 3. The van der Waals surface area contributed by atoms with Gasteiger partial charge in [-0.25, -0.2) is 4.79 Å². The Balaban J connectivity index is 1.89. The monoisotopic (exact) mass is 410 g/mol. The Kier molecular flexibility index (Phi) is 4.83. The van der Waals surface area contributed by atoms with Crippen molar-refractivity contribution in [3.05, 3.63) is 100 Å². The molecule has 4 aromatic rings. The summed E-state index contributed by atoms with van der Waals surface area (Å²) in [6.45, 7) is 0. The van der Waals surface area contributed by atoms with E-state index in [1.54, 1.807) is 42.5 Å². The van der Waals surface area contributed by atoms with Crippen LogP contribution in [0.15, 0.2) is 83.7 Å². The van der Waals surface area contributed by atoms with Crippen LogP contribution < -0.4 is 10.3 Å². The largest absolute Gasteiger partial charge is 0.422 e. The molecule has 150 valence electrons. The van der Waals surface area contributed by atoms with Crippen LogP contribution in [0.5, 0.6) is 5.75 Å². The summed E-state index contributed by atoms with van der Waals surface area (Å²) < 4.78 is 45.4. The molecule has 0 aliphatic heterocycles. The molecular weight excluding hydrogens is 397 g/mol. The highest BCUT2D eigenvalue weighted by Crippen LogP contribution is 2.30. The second-order valence-corrected chi connectivity index (χ2v) is 6.36. The van der Waals surface area contributed by atoms with Crippen molar-refractivity contribution in [2.24, 2.45) is 0 Å². The maximum atomic E-state index is 13.1. The van der Waals surface area contributed by atoms with Gasteiger partial charge in [0.05, 0.1) is 16.6 Å². The molecule has 0 radical (unpaired) electrons. The minimum absolute atomic E-state index is 0.116. The number of ether oxygens (including phenoxy) is 1. The van der Waals surface area contributed by atoms with Crippen LogP contribution in [0.25, 0.3) is 16.5 Å². The smallest absolute Gasteiger partial charge is 0.416 e. The van der Waals surface area contributed by atoms with Gasteiger partial charge >= 0.3 is 12.1 Å². The lowest BCUT2D eigenvalue weighted by atomic mass is 10.1. The van der Waals surface area contributed by atoms with Crippen LogP contribution in [0.4, 0.5) is 13.2 Å². The maximum Gasteiger partial charge on any atom is 0.416 e. The Morgan fingerprint density at radius 1 is 0.867 bits per heavy atom. The van der Waals surface area contributed by atoms with Crippen LogP contribution in [0.2, 0.25) is 0 Å². The average Bonchev–Trinajstić information content (AvgIpc) is 2.74. The molecule has 0 spiro atoms. The quantitative estimate of drug-likeness (QED) is 0.365. The number of carbonyl (C=O) groups is 1. The standard InChI is InChI=1S/C22H13F3N2O3/c23-22(24,25)14-7-6-8-15(13-14)27-20(28)18-12-5-4-11-17(18)19(26-27)21(29)30-16-9-2-1-3-10-16/h1-13H. The van der Waals surface area contributed by atoms with Crippen LogP contribution in [0, 0.1) is 0 Å². The SMILES string of the molecule is O=C(Oc1ccccc1)c1nn(-c2cccc(C(F)(F)F)c2)c(=O)c2ccccc12. The molecule has 4 rings (SSSR count). The van der Waals surface area contributed by atoms with Gasteiger partial charge in [-0.3, -0.25) is 4.79 Å². The number of fused-ring (bicyclic) bond motifs is 1. The Morgan fingerprint density at radius 3 is 2.23 bits per heavy atom. The van der Waals surface area contributed by atoms with Gasteiger partial charge in [0.25, 0.3) is 5.56 Å². The third-order valence-electron chi connectivity index (χ3n) is 4.37. The molecule has 0 fully saturated rings. The van der Waals surface area contributed by atoms with Gasteiger partial charge in [0.2, 0.25) is 0 Å². The summed E-state index contributed by atoms with van der Waals surface area (Å²) in [5.74, 6) is -0.566. The molecule has 0 aliphatic rings. The molecular formula is C22H13F3N2O3. The highest BCUT2D eigenvalue weighted by molar-refractivity contribution is 6.03. The fourth-order valence-corrected chi connectivity index (χ4v) is 2.97. The normalized spacial score (nSPS) is 11.4. The van der Waals surface area contributed by atoms with Crippen LogP contribution in [-0.2, 0) is 6.18 Å². The highest BCUT2D eigenvalue weighted by atomic mass is 19.4. The van der Waals surface area contributed by atoms with E-state index in [1.807, 2.05) is 0 Å². The van der Waals surface area contributed by atoms with Crippen LogP contribution >= 0.6 is 0 Å². The van der Waals surface area contributed by atoms with Crippen molar-refractivity contribution in [1.82, 2.24) is 9.78 Å². The van der Waals surface area contributed by atoms with Crippen molar-refractivity contribution in [2.45, 2.75) is 6.18 Å². The Morgan fingerprint density at radius 2 is 1.53 bits per heavy atom. The maximum absolute atomic E-state index is 13.1. The number of aromatic nitrogens is 2. The third-order valence-corrected chi connectivity index (χ3v) is 4.37. The first-order valence-corrected chi connectivity index (χ1v) is 8.81. The zero-order valence-corrected chi connectivity index (χ0v) is 15.3. The van der Waals surface area contributed by atoms with E-state index in [1.165, 1.54) is 24.3 Å². The van der Waals surface area contributed by atoms with Gasteiger partial charge < -0.3 is 4.74 Å². The van der Waals surface area contributed by atoms with E-state index in [0.717, 1.165) is 16.8 Å². The minimum atomic E-state index is -4.59. The summed E-state index contributed by atoms with van der Waals surface area (Å²) in [6.07, 6.45) is -4.59. The molecule has 0 saturated heterocycles. The van der Waals surface area contributed by atoms with Crippen LogP contribution in [0.3, 0.4) is 0 Å². The first kappa shape index (κ1) is 19.4. The van der Waals surface area contributed by atoms with E-state index in [2.05, 4.69) is 5.10 Å². The van der Waals surface area contributed by atoms with E-state index < -0.39 is 23.3 Å². The molecule has 8 heteroatoms. The second-order valence-electron chi connectivity index (χ2n) is 6.36. The van der Waals surface area contributed by atoms with Gasteiger partial charge in [-0.2, -0.15) is 23.0 Å². The molecule has 1 heterocycles.